The van der Waals surface area contributed by atoms with E-state index in [0.717, 1.165) is 5.56 Å². The van der Waals surface area contributed by atoms with Crippen molar-refractivity contribution in [2.75, 3.05) is 20.3 Å². The molecule has 26 heavy (non-hydrogen) atoms. The molecule has 5 nitrogen and oxygen atoms in total. The van der Waals surface area contributed by atoms with Crippen LogP contribution in [0.4, 0.5) is 8.78 Å². The summed E-state index contributed by atoms with van der Waals surface area (Å²) < 4.78 is 39.2. The Labute approximate surface area is 150 Å². The number of amides is 1. The third kappa shape index (κ3) is 5.70. The molecule has 0 saturated heterocycles. The number of halogens is 2. The van der Waals surface area contributed by atoms with Crippen LogP contribution >= 0.6 is 0 Å². The van der Waals surface area contributed by atoms with Crippen LogP contribution < -0.4 is 14.8 Å². The first-order valence-corrected chi connectivity index (χ1v) is 8.07. The maximum absolute atomic E-state index is 12.5. The third-order valence-corrected chi connectivity index (χ3v) is 3.63. The van der Waals surface area contributed by atoms with Crippen molar-refractivity contribution >= 4 is 5.91 Å². The van der Waals surface area contributed by atoms with Gasteiger partial charge in [-0.25, -0.2) is 0 Å². The first-order chi connectivity index (χ1) is 12.5. The van der Waals surface area contributed by atoms with E-state index >= 15 is 0 Å². The van der Waals surface area contributed by atoms with Crippen LogP contribution in [0.25, 0.3) is 0 Å². The highest BCUT2D eigenvalue weighted by atomic mass is 19.3. The van der Waals surface area contributed by atoms with E-state index in [1.807, 2.05) is 0 Å². The SMILES string of the molecule is COCCOc1ccccc1C(=O)N[C@@H](C)c1ccc(OC(F)F)cc1. The van der Waals surface area contributed by atoms with E-state index in [1.165, 1.54) is 12.1 Å². The Morgan fingerprint density at radius 2 is 1.77 bits per heavy atom. The van der Waals surface area contributed by atoms with Crippen LogP contribution in [0.15, 0.2) is 48.5 Å². The number of hydrogen-bond acceptors (Lipinski definition) is 4. The molecule has 0 fully saturated rings. The van der Waals surface area contributed by atoms with E-state index in [2.05, 4.69) is 10.1 Å². The zero-order valence-corrected chi connectivity index (χ0v) is 14.6. The molecule has 2 aromatic carbocycles. The first-order valence-electron chi connectivity index (χ1n) is 8.07. The summed E-state index contributed by atoms with van der Waals surface area (Å²) in [5, 5.41) is 2.86. The van der Waals surface area contributed by atoms with Gasteiger partial charge in [0.2, 0.25) is 0 Å². The van der Waals surface area contributed by atoms with Gasteiger partial charge in [0.15, 0.2) is 0 Å². The van der Waals surface area contributed by atoms with Gasteiger partial charge in [0.1, 0.15) is 18.1 Å². The number of carbonyl (C=O) groups excluding carboxylic acids is 1. The molecule has 1 amide bonds. The van der Waals surface area contributed by atoms with E-state index < -0.39 is 6.61 Å². The fraction of sp³-hybridized carbons (Fsp3) is 0.316. The number of ether oxygens (including phenoxy) is 3. The minimum absolute atomic E-state index is 0.0687. The van der Waals surface area contributed by atoms with Gasteiger partial charge in [-0.05, 0) is 36.8 Å². The molecule has 0 aliphatic rings. The molecular formula is C19H21F2NO4. The summed E-state index contributed by atoms with van der Waals surface area (Å²) in [6.45, 7) is -0.316. The van der Waals surface area contributed by atoms with Gasteiger partial charge < -0.3 is 19.5 Å². The zero-order chi connectivity index (χ0) is 18.9. The molecule has 0 bridgehead atoms. The molecule has 0 radical (unpaired) electrons. The summed E-state index contributed by atoms with van der Waals surface area (Å²) in [4.78, 5) is 12.5. The van der Waals surface area contributed by atoms with E-state index in [-0.39, 0.29) is 17.7 Å². The molecule has 0 saturated carbocycles. The number of methoxy groups -OCH3 is 1. The second kappa shape index (κ2) is 9.72. The summed E-state index contributed by atoms with van der Waals surface area (Å²) in [6, 6.07) is 12.7. The second-order valence-corrected chi connectivity index (χ2v) is 5.48. The van der Waals surface area contributed by atoms with Crippen molar-refractivity contribution in [3.05, 3.63) is 59.7 Å². The average molecular weight is 365 g/mol. The van der Waals surface area contributed by atoms with E-state index in [1.54, 1.807) is 50.4 Å². The quantitative estimate of drug-likeness (QED) is 0.687. The standard InChI is InChI=1S/C19H21F2NO4/c1-13(14-7-9-15(10-8-14)26-19(20)21)22-18(23)16-5-3-4-6-17(16)25-12-11-24-2/h3-10,13,19H,11-12H2,1-2H3,(H,22,23)/t13-/m0/s1. The molecule has 2 rings (SSSR count). The lowest BCUT2D eigenvalue weighted by Crippen LogP contribution is -2.27. The zero-order valence-electron chi connectivity index (χ0n) is 14.6. The number of benzene rings is 2. The summed E-state index contributed by atoms with van der Waals surface area (Å²) in [7, 11) is 1.57. The fourth-order valence-electron chi connectivity index (χ4n) is 2.31. The molecule has 7 heteroatoms. The van der Waals surface area contributed by atoms with Crippen LogP contribution in [-0.2, 0) is 4.74 Å². The molecule has 0 unspecified atom stereocenters. The monoisotopic (exact) mass is 365 g/mol. The second-order valence-electron chi connectivity index (χ2n) is 5.48. The highest BCUT2D eigenvalue weighted by molar-refractivity contribution is 5.97. The van der Waals surface area contributed by atoms with Gasteiger partial charge >= 0.3 is 6.61 Å². The minimum atomic E-state index is -2.87. The van der Waals surface area contributed by atoms with Gasteiger partial charge in [0.25, 0.3) is 5.91 Å². The topological polar surface area (TPSA) is 56.8 Å². The Kier molecular flexibility index (Phi) is 7.35. The number of alkyl halides is 2. The predicted octanol–water partition coefficient (Wildman–Crippen LogP) is 3.80. The van der Waals surface area contributed by atoms with Crippen LogP contribution in [-0.4, -0.2) is 32.8 Å². The van der Waals surface area contributed by atoms with Gasteiger partial charge in [-0.1, -0.05) is 24.3 Å². The fourth-order valence-corrected chi connectivity index (χ4v) is 2.31. The van der Waals surface area contributed by atoms with Gasteiger partial charge in [-0.15, -0.1) is 0 Å². The minimum Gasteiger partial charge on any atom is -0.490 e. The Morgan fingerprint density at radius 1 is 1.08 bits per heavy atom. The van der Waals surface area contributed by atoms with Crippen molar-refractivity contribution in [2.24, 2.45) is 0 Å². The molecule has 0 aromatic heterocycles. The number of rotatable bonds is 9. The van der Waals surface area contributed by atoms with Gasteiger partial charge in [-0.2, -0.15) is 8.78 Å². The van der Waals surface area contributed by atoms with Gasteiger partial charge in [0, 0.05) is 7.11 Å². The molecule has 0 spiro atoms. The lowest BCUT2D eigenvalue weighted by Gasteiger charge is -2.17. The van der Waals surface area contributed by atoms with E-state index in [9.17, 15) is 13.6 Å². The molecule has 0 aliphatic heterocycles. The van der Waals surface area contributed by atoms with Crippen molar-refractivity contribution in [1.29, 1.82) is 0 Å². The first kappa shape index (κ1) is 19.7. The van der Waals surface area contributed by atoms with Crippen LogP contribution in [0.5, 0.6) is 11.5 Å². The van der Waals surface area contributed by atoms with Gasteiger partial charge in [-0.3, -0.25) is 4.79 Å². The number of para-hydroxylation sites is 1. The lowest BCUT2D eigenvalue weighted by atomic mass is 10.1. The number of nitrogens with one attached hydrogen (secondary N) is 1. The maximum atomic E-state index is 12.5. The number of carbonyl (C=O) groups is 1. The maximum Gasteiger partial charge on any atom is 0.387 e. The van der Waals surface area contributed by atoms with Crippen LogP contribution in [0, 0.1) is 0 Å². The van der Waals surface area contributed by atoms with Crippen molar-refractivity contribution in [2.45, 2.75) is 19.6 Å². The largest absolute Gasteiger partial charge is 0.490 e. The highest BCUT2D eigenvalue weighted by Crippen LogP contribution is 2.22. The van der Waals surface area contributed by atoms with Gasteiger partial charge in [0.05, 0.1) is 18.2 Å². The molecule has 0 heterocycles. The average Bonchev–Trinajstić information content (AvgIpc) is 2.62. The molecule has 2 aromatic rings. The predicted molar refractivity (Wildman–Crippen MR) is 92.8 cm³/mol. The summed E-state index contributed by atoms with van der Waals surface area (Å²) >= 11 is 0. The normalized spacial score (nSPS) is 11.9. The summed E-state index contributed by atoms with van der Waals surface area (Å²) in [5.74, 6) is 0.243. The molecular weight excluding hydrogens is 344 g/mol. The smallest absolute Gasteiger partial charge is 0.387 e. The Hall–Kier alpha value is -2.67. The number of hydrogen-bond donors (Lipinski definition) is 1. The molecule has 0 aliphatic carbocycles. The van der Waals surface area contributed by atoms with Crippen LogP contribution in [0.3, 0.4) is 0 Å². The Balaban J connectivity index is 2.02. The summed E-state index contributed by atoms with van der Waals surface area (Å²) in [6.07, 6.45) is 0. The lowest BCUT2D eigenvalue weighted by molar-refractivity contribution is -0.0498. The van der Waals surface area contributed by atoms with Crippen molar-refractivity contribution in [1.82, 2.24) is 5.32 Å². The highest BCUT2D eigenvalue weighted by Gasteiger charge is 2.16. The third-order valence-electron chi connectivity index (χ3n) is 3.63. The van der Waals surface area contributed by atoms with Crippen LogP contribution in [0.2, 0.25) is 0 Å². The van der Waals surface area contributed by atoms with Crippen molar-refractivity contribution < 1.29 is 27.8 Å². The van der Waals surface area contributed by atoms with E-state index in [0.29, 0.717) is 24.5 Å². The van der Waals surface area contributed by atoms with Crippen molar-refractivity contribution in [3.63, 3.8) is 0 Å². The van der Waals surface area contributed by atoms with E-state index in [4.69, 9.17) is 9.47 Å². The molecule has 1 atom stereocenters. The Bertz CT molecular complexity index is 707. The molecule has 140 valence electrons. The Morgan fingerprint density at radius 3 is 2.42 bits per heavy atom. The molecule has 1 N–H and O–H groups in total. The van der Waals surface area contributed by atoms with Crippen molar-refractivity contribution in [3.8, 4) is 11.5 Å². The van der Waals surface area contributed by atoms with Crippen LogP contribution in [0.1, 0.15) is 28.9 Å². The summed E-state index contributed by atoms with van der Waals surface area (Å²) in [5.41, 5.74) is 1.17.